The number of rotatable bonds is 3. The molecule has 0 radical (unpaired) electrons. The molecule has 0 unspecified atom stereocenters. The molecule has 3 heteroatoms. The normalized spacial score (nSPS) is 15.0. The Labute approximate surface area is 44.9 Å². The lowest BCUT2D eigenvalue weighted by atomic mass is 10.3. The van der Waals surface area contributed by atoms with Crippen LogP contribution in [0.1, 0.15) is 15.5 Å². The van der Waals surface area contributed by atoms with E-state index in [2.05, 4.69) is 0 Å². The van der Waals surface area contributed by atoms with E-state index in [0.717, 1.165) is 0 Å². The van der Waals surface area contributed by atoms with Gasteiger partial charge in [-0.15, -0.1) is 0 Å². The SMILES string of the molecule is [2H]C([2H])(CCN)C(=O)O. The highest BCUT2D eigenvalue weighted by atomic mass is 16.4. The van der Waals surface area contributed by atoms with Crippen LogP contribution in [0.15, 0.2) is 0 Å². The first-order chi connectivity index (χ1) is 4.00. The van der Waals surface area contributed by atoms with E-state index < -0.39 is 12.3 Å². The molecule has 0 saturated carbocycles. The Kier molecular flexibility index (Phi) is 1.77. The van der Waals surface area contributed by atoms with Crippen LogP contribution in [-0.2, 0) is 4.79 Å². The number of carbonyl (C=O) groups is 1. The lowest BCUT2D eigenvalue weighted by Crippen LogP contribution is -2.02. The molecular weight excluding hydrogens is 94.0 g/mol. The summed E-state index contributed by atoms with van der Waals surface area (Å²) in [6, 6.07) is 0. The molecule has 0 fully saturated rings. The van der Waals surface area contributed by atoms with Gasteiger partial charge in [-0.3, -0.25) is 4.79 Å². The highest BCUT2D eigenvalue weighted by Gasteiger charge is 1.91. The largest absolute Gasteiger partial charge is 0.481 e. The van der Waals surface area contributed by atoms with Gasteiger partial charge in [0.05, 0.1) is 0 Å². The van der Waals surface area contributed by atoms with Crippen molar-refractivity contribution in [3.8, 4) is 0 Å². The molecule has 0 rings (SSSR count). The maximum atomic E-state index is 9.98. The average Bonchev–Trinajstić information content (AvgIpc) is 1.65. The van der Waals surface area contributed by atoms with Crippen molar-refractivity contribution in [3.05, 3.63) is 0 Å². The van der Waals surface area contributed by atoms with Crippen molar-refractivity contribution in [2.24, 2.45) is 5.73 Å². The Bertz CT molecular complexity index is 115. The summed E-state index contributed by atoms with van der Waals surface area (Å²) in [5.74, 6) is -1.45. The summed E-state index contributed by atoms with van der Waals surface area (Å²) in [7, 11) is 0. The second-order valence-electron chi connectivity index (χ2n) is 1.02. The molecule has 0 aromatic heterocycles. The summed E-state index contributed by atoms with van der Waals surface area (Å²) in [5, 5.41) is 8.14. The fourth-order valence-electron chi connectivity index (χ4n) is 0.179. The molecule has 0 saturated heterocycles. The zero-order valence-electron chi connectivity index (χ0n) is 5.85. The van der Waals surface area contributed by atoms with E-state index >= 15 is 0 Å². The number of nitrogens with two attached hydrogens (primary N) is 1. The van der Waals surface area contributed by atoms with E-state index in [4.69, 9.17) is 13.6 Å². The first kappa shape index (κ1) is 3.43. The van der Waals surface area contributed by atoms with E-state index in [-0.39, 0.29) is 13.0 Å². The first-order valence-electron chi connectivity index (χ1n) is 2.94. The van der Waals surface area contributed by atoms with Crippen LogP contribution in [0.25, 0.3) is 0 Å². The van der Waals surface area contributed by atoms with Gasteiger partial charge >= 0.3 is 5.97 Å². The van der Waals surface area contributed by atoms with Crippen LogP contribution in [0.2, 0.25) is 0 Å². The van der Waals surface area contributed by atoms with Gasteiger partial charge in [0.25, 0.3) is 0 Å². The van der Waals surface area contributed by atoms with E-state index in [1.165, 1.54) is 0 Å². The Morgan fingerprint density at radius 1 is 2.00 bits per heavy atom. The van der Waals surface area contributed by atoms with E-state index in [0.29, 0.717) is 0 Å². The lowest BCUT2D eigenvalue weighted by Gasteiger charge is -1.86. The zero-order chi connectivity index (χ0) is 7.49. The molecule has 0 heterocycles. The monoisotopic (exact) mass is 105 g/mol. The van der Waals surface area contributed by atoms with Crippen molar-refractivity contribution < 1.29 is 12.6 Å². The summed E-state index contributed by atoms with van der Waals surface area (Å²) in [4.78, 5) is 9.98. The molecule has 0 aromatic rings. The van der Waals surface area contributed by atoms with Gasteiger partial charge in [-0.1, -0.05) is 0 Å². The fourth-order valence-corrected chi connectivity index (χ4v) is 0.179. The standard InChI is InChI=1S/C4H9NO2/c5-3-1-2-4(6)7/h1-3,5H2,(H,6,7)/i2D2. The molecule has 3 nitrogen and oxygen atoms in total. The van der Waals surface area contributed by atoms with Crippen LogP contribution < -0.4 is 5.73 Å². The number of aliphatic carboxylic acids is 1. The molecule has 0 atom stereocenters. The van der Waals surface area contributed by atoms with Gasteiger partial charge in [-0.2, -0.15) is 0 Å². The Hall–Kier alpha value is -0.570. The van der Waals surface area contributed by atoms with E-state index in [1.807, 2.05) is 0 Å². The molecule has 0 aliphatic carbocycles. The number of hydrogen-bond acceptors (Lipinski definition) is 2. The topological polar surface area (TPSA) is 63.3 Å². The van der Waals surface area contributed by atoms with Gasteiger partial charge in [0, 0.05) is 9.11 Å². The Balaban J connectivity index is 3.85. The van der Waals surface area contributed by atoms with Crippen LogP contribution in [0.4, 0.5) is 0 Å². The van der Waals surface area contributed by atoms with Crippen molar-refractivity contribution in [2.75, 3.05) is 6.54 Å². The summed E-state index contributed by atoms with van der Waals surface area (Å²) in [6.45, 7) is 0.0549. The van der Waals surface area contributed by atoms with Gasteiger partial charge in [0.15, 0.2) is 0 Å². The summed E-state index contributed by atoms with van der Waals surface area (Å²) < 4.78 is 13.5. The third kappa shape index (κ3) is 5.43. The summed E-state index contributed by atoms with van der Waals surface area (Å²) in [5.41, 5.74) is 4.95. The molecule has 0 aliphatic rings. The fraction of sp³-hybridized carbons (Fsp3) is 0.750. The second kappa shape index (κ2) is 3.61. The maximum Gasteiger partial charge on any atom is 0.303 e. The molecule has 3 N–H and O–H groups in total. The molecule has 0 amide bonds. The minimum Gasteiger partial charge on any atom is -0.481 e. The predicted octanol–water partition coefficient (Wildman–Crippen LogP) is -0.190. The van der Waals surface area contributed by atoms with Crippen LogP contribution in [0.5, 0.6) is 0 Å². The molecule has 0 aliphatic heterocycles. The summed E-state index contributed by atoms with van der Waals surface area (Å²) in [6.07, 6.45) is -2.29. The van der Waals surface area contributed by atoms with E-state index in [9.17, 15) is 4.79 Å². The Morgan fingerprint density at radius 3 is 2.71 bits per heavy atom. The van der Waals surface area contributed by atoms with Crippen LogP contribution in [0.3, 0.4) is 0 Å². The minimum absolute atomic E-state index is 0.0549. The van der Waals surface area contributed by atoms with Crippen molar-refractivity contribution >= 4 is 5.97 Å². The minimum atomic E-state index is -2.16. The van der Waals surface area contributed by atoms with Crippen molar-refractivity contribution in [2.45, 2.75) is 12.8 Å². The molecule has 0 spiro atoms. The highest BCUT2D eigenvalue weighted by Crippen LogP contribution is 1.82. The van der Waals surface area contributed by atoms with Crippen LogP contribution in [0, 0.1) is 0 Å². The van der Waals surface area contributed by atoms with Gasteiger partial charge in [-0.25, -0.2) is 0 Å². The van der Waals surface area contributed by atoms with Gasteiger partial charge in [0.2, 0.25) is 0 Å². The molecule has 7 heavy (non-hydrogen) atoms. The number of hydrogen-bond donors (Lipinski definition) is 2. The second-order valence-corrected chi connectivity index (χ2v) is 1.02. The zero-order valence-corrected chi connectivity index (χ0v) is 3.85. The number of carboxylic acids is 1. The lowest BCUT2D eigenvalue weighted by molar-refractivity contribution is -0.137. The molecule has 0 aromatic carbocycles. The van der Waals surface area contributed by atoms with Crippen LogP contribution >= 0.6 is 0 Å². The first-order valence-corrected chi connectivity index (χ1v) is 1.94. The van der Waals surface area contributed by atoms with Gasteiger partial charge in [-0.05, 0) is 13.0 Å². The highest BCUT2D eigenvalue weighted by molar-refractivity contribution is 5.66. The van der Waals surface area contributed by atoms with Gasteiger partial charge < -0.3 is 10.8 Å². The smallest absolute Gasteiger partial charge is 0.303 e. The third-order valence-corrected chi connectivity index (χ3v) is 0.421. The molecule has 0 bridgehead atoms. The van der Waals surface area contributed by atoms with Crippen molar-refractivity contribution in [1.29, 1.82) is 0 Å². The molecular formula is C4H9NO2. The van der Waals surface area contributed by atoms with Crippen LogP contribution in [-0.4, -0.2) is 17.6 Å². The van der Waals surface area contributed by atoms with E-state index in [1.54, 1.807) is 0 Å². The van der Waals surface area contributed by atoms with Crippen molar-refractivity contribution in [1.82, 2.24) is 0 Å². The summed E-state index contributed by atoms with van der Waals surface area (Å²) >= 11 is 0. The number of carboxylic acid groups (broad SMARTS) is 1. The maximum absolute atomic E-state index is 9.98. The van der Waals surface area contributed by atoms with Crippen molar-refractivity contribution in [3.63, 3.8) is 0 Å². The third-order valence-electron chi connectivity index (χ3n) is 0.421. The molecule has 42 valence electrons. The quantitative estimate of drug-likeness (QED) is 0.523. The predicted molar refractivity (Wildman–Crippen MR) is 25.9 cm³/mol. The Morgan fingerprint density at radius 2 is 2.57 bits per heavy atom. The van der Waals surface area contributed by atoms with Gasteiger partial charge in [0.1, 0.15) is 0 Å². The average molecular weight is 105 g/mol.